The highest BCUT2D eigenvalue weighted by atomic mass is 16.2. The fourth-order valence-corrected chi connectivity index (χ4v) is 4.83. The lowest BCUT2D eigenvalue weighted by atomic mass is 9.93. The molecule has 2 aromatic heterocycles. The third-order valence-corrected chi connectivity index (χ3v) is 7.11. The Morgan fingerprint density at radius 1 is 1.14 bits per heavy atom. The average molecular weight is 489 g/mol. The molecular formula is C24H24N8O4. The molecule has 0 bridgehead atoms. The van der Waals surface area contributed by atoms with Crippen molar-refractivity contribution >= 4 is 29.3 Å². The number of carbonyl (C=O) groups is 4. The van der Waals surface area contributed by atoms with Crippen LogP contribution in [-0.4, -0.2) is 59.3 Å². The van der Waals surface area contributed by atoms with Gasteiger partial charge in [-0.2, -0.15) is 5.10 Å². The number of hydrogen-bond donors (Lipinski definition) is 2. The average Bonchev–Trinajstić information content (AvgIpc) is 3.51. The molecule has 1 aliphatic carbocycles. The van der Waals surface area contributed by atoms with Crippen LogP contribution in [0, 0.1) is 6.92 Å². The molecule has 1 aromatic carbocycles. The van der Waals surface area contributed by atoms with Gasteiger partial charge in [-0.25, -0.2) is 4.68 Å². The van der Waals surface area contributed by atoms with Crippen LogP contribution in [0.25, 0.3) is 5.69 Å². The summed E-state index contributed by atoms with van der Waals surface area (Å²) in [5.41, 5.74) is 3.40. The van der Waals surface area contributed by atoms with Crippen molar-refractivity contribution in [3.05, 3.63) is 53.1 Å². The van der Waals surface area contributed by atoms with Crippen LogP contribution in [0.4, 0.5) is 5.69 Å². The monoisotopic (exact) mass is 488 g/mol. The summed E-state index contributed by atoms with van der Waals surface area (Å²) in [5.74, 6) is -1.41. The Morgan fingerprint density at radius 2 is 1.97 bits per heavy atom. The molecule has 184 valence electrons. The van der Waals surface area contributed by atoms with Crippen LogP contribution in [0.2, 0.25) is 0 Å². The Morgan fingerprint density at radius 3 is 2.72 bits per heavy atom. The number of nitrogens with one attached hydrogen (secondary N) is 2. The molecule has 3 aromatic rings. The molecule has 1 unspecified atom stereocenters. The van der Waals surface area contributed by atoms with E-state index in [0.717, 1.165) is 24.1 Å². The fourth-order valence-electron chi connectivity index (χ4n) is 4.83. The van der Waals surface area contributed by atoms with Gasteiger partial charge in [-0.3, -0.25) is 29.2 Å². The van der Waals surface area contributed by atoms with E-state index in [-0.39, 0.29) is 30.5 Å². The normalized spacial score (nSPS) is 19.8. The van der Waals surface area contributed by atoms with E-state index in [1.165, 1.54) is 22.2 Å². The Hall–Kier alpha value is -4.35. The first-order chi connectivity index (χ1) is 17.4. The molecular weight excluding hydrogens is 464 g/mol. The number of benzene rings is 1. The van der Waals surface area contributed by atoms with Gasteiger partial charge in [-0.15, -0.1) is 5.10 Å². The van der Waals surface area contributed by atoms with Crippen LogP contribution in [0.1, 0.15) is 70.2 Å². The van der Waals surface area contributed by atoms with Gasteiger partial charge in [0.1, 0.15) is 6.04 Å². The summed E-state index contributed by atoms with van der Waals surface area (Å²) in [6, 6.07) is 4.91. The summed E-state index contributed by atoms with van der Waals surface area (Å²) in [5, 5.41) is 17.8. The second kappa shape index (κ2) is 8.40. The van der Waals surface area contributed by atoms with Crippen molar-refractivity contribution in [2.24, 2.45) is 0 Å². The summed E-state index contributed by atoms with van der Waals surface area (Å²) < 4.78 is 3.38. The quantitative estimate of drug-likeness (QED) is 0.518. The van der Waals surface area contributed by atoms with Crippen LogP contribution in [-0.2, 0) is 16.1 Å². The summed E-state index contributed by atoms with van der Waals surface area (Å²) in [4.78, 5) is 50.9. The Kier molecular flexibility index (Phi) is 5.16. The molecule has 0 radical (unpaired) electrons. The van der Waals surface area contributed by atoms with Gasteiger partial charge in [0.2, 0.25) is 11.8 Å². The molecule has 1 saturated heterocycles. The molecule has 2 N–H and O–H groups in total. The van der Waals surface area contributed by atoms with E-state index < -0.39 is 17.9 Å². The number of imide groups is 1. The predicted molar refractivity (Wildman–Crippen MR) is 125 cm³/mol. The zero-order chi connectivity index (χ0) is 25.0. The first-order valence-corrected chi connectivity index (χ1v) is 11.9. The molecule has 4 heterocycles. The number of nitrogens with zero attached hydrogens (tertiary/aromatic N) is 6. The van der Waals surface area contributed by atoms with E-state index in [9.17, 15) is 19.2 Å². The van der Waals surface area contributed by atoms with Crippen molar-refractivity contribution in [1.82, 2.24) is 35.0 Å². The van der Waals surface area contributed by atoms with Crippen LogP contribution >= 0.6 is 0 Å². The van der Waals surface area contributed by atoms with Gasteiger partial charge in [-0.1, -0.05) is 5.21 Å². The van der Waals surface area contributed by atoms with Gasteiger partial charge in [0, 0.05) is 24.7 Å². The molecule has 6 rings (SSSR count). The standard InChI is InChI=1S/C24H24N8O4/c1-13-18(11-31(28-13)15-3-2-4-15)25-22(34)19-12-32(29-27-19)16-5-6-17-14(9-16)10-30(24(17)36)20-7-8-21(33)26-23(20)35/h5-6,9,11-12,15,20H,2-4,7-8,10H2,1H3,(H,25,34)(H,26,33,35). The lowest BCUT2D eigenvalue weighted by Crippen LogP contribution is -2.52. The SMILES string of the molecule is Cc1nn(C2CCC2)cc1NC(=O)c1cn(-c2ccc3c(c2)CN(C2CCC(=O)NC2=O)C3=O)nn1. The van der Waals surface area contributed by atoms with Crippen LogP contribution < -0.4 is 10.6 Å². The smallest absolute Gasteiger partial charge is 0.277 e. The minimum atomic E-state index is -0.676. The highest BCUT2D eigenvalue weighted by Gasteiger charge is 2.39. The Bertz CT molecular complexity index is 1420. The molecule has 2 fully saturated rings. The van der Waals surface area contributed by atoms with Gasteiger partial charge in [0.05, 0.1) is 29.3 Å². The molecule has 12 heteroatoms. The molecule has 1 saturated carbocycles. The van der Waals surface area contributed by atoms with Gasteiger partial charge >= 0.3 is 0 Å². The molecule has 3 aliphatic rings. The number of hydrogen-bond acceptors (Lipinski definition) is 7. The number of fused-ring (bicyclic) bond motifs is 1. The maximum Gasteiger partial charge on any atom is 0.277 e. The summed E-state index contributed by atoms with van der Waals surface area (Å²) in [6.45, 7) is 2.10. The molecule has 36 heavy (non-hydrogen) atoms. The number of carbonyl (C=O) groups excluding carboxylic acids is 4. The van der Waals surface area contributed by atoms with E-state index in [1.54, 1.807) is 18.2 Å². The lowest BCUT2D eigenvalue weighted by Gasteiger charge is -2.29. The number of aryl methyl sites for hydroxylation is 1. The molecule has 12 nitrogen and oxygen atoms in total. The third-order valence-electron chi connectivity index (χ3n) is 7.11. The number of piperidine rings is 1. The largest absolute Gasteiger partial charge is 0.322 e. The number of rotatable bonds is 5. The van der Waals surface area contributed by atoms with Crippen LogP contribution in [0.5, 0.6) is 0 Å². The highest BCUT2D eigenvalue weighted by molar-refractivity contribution is 6.05. The second-order valence-electron chi connectivity index (χ2n) is 9.44. The number of aromatic nitrogens is 5. The fraction of sp³-hybridized carbons (Fsp3) is 0.375. The van der Waals surface area contributed by atoms with E-state index >= 15 is 0 Å². The van der Waals surface area contributed by atoms with Crippen molar-refractivity contribution < 1.29 is 19.2 Å². The zero-order valence-corrected chi connectivity index (χ0v) is 19.6. The summed E-state index contributed by atoms with van der Waals surface area (Å²) >= 11 is 0. The number of anilines is 1. The second-order valence-corrected chi connectivity index (χ2v) is 9.44. The van der Waals surface area contributed by atoms with E-state index in [0.29, 0.717) is 29.4 Å². The van der Waals surface area contributed by atoms with Gasteiger partial charge in [-0.05, 0) is 56.4 Å². The van der Waals surface area contributed by atoms with Crippen LogP contribution in [0.15, 0.2) is 30.6 Å². The van der Waals surface area contributed by atoms with Crippen molar-refractivity contribution in [2.45, 2.75) is 57.7 Å². The maximum atomic E-state index is 12.9. The Balaban J connectivity index is 1.17. The minimum Gasteiger partial charge on any atom is -0.322 e. The van der Waals surface area contributed by atoms with Gasteiger partial charge in [0.15, 0.2) is 5.69 Å². The Labute approximate surface area is 205 Å². The van der Waals surface area contributed by atoms with Gasteiger partial charge in [0.25, 0.3) is 11.8 Å². The topological polar surface area (TPSA) is 144 Å². The number of amides is 4. The van der Waals surface area contributed by atoms with Crippen molar-refractivity contribution in [2.75, 3.05) is 5.32 Å². The third kappa shape index (κ3) is 3.74. The van der Waals surface area contributed by atoms with E-state index in [2.05, 4.69) is 26.0 Å². The molecule has 2 aliphatic heterocycles. The van der Waals surface area contributed by atoms with E-state index in [4.69, 9.17) is 0 Å². The van der Waals surface area contributed by atoms with Crippen LogP contribution in [0.3, 0.4) is 0 Å². The van der Waals surface area contributed by atoms with Gasteiger partial charge < -0.3 is 10.2 Å². The first kappa shape index (κ1) is 22.1. The zero-order valence-electron chi connectivity index (χ0n) is 19.6. The minimum absolute atomic E-state index is 0.146. The van der Waals surface area contributed by atoms with Crippen molar-refractivity contribution in [3.63, 3.8) is 0 Å². The lowest BCUT2D eigenvalue weighted by molar-refractivity contribution is -0.136. The molecule has 4 amide bonds. The van der Waals surface area contributed by atoms with E-state index in [1.807, 2.05) is 17.8 Å². The molecule has 0 spiro atoms. The highest BCUT2D eigenvalue weighted by Crippen LogP contribution is 2.32. The first-order valence-electron chi connectivity index (χ1n) is 11.9. The predicted octanol–water partition coefficient (Wildman–Crippen LogP) is 1.51. The summed E-state index contributed by atoms with van der Waals surface area (Å²) in [7, 11) is 0. The van der Waals surface area contributed by atoms with Crippen molar-refractivity contribution in [1.29, 1.82) is 0 Å². The van der Waals surface area contributed by atoms with Crippen molar-refractivity contribution in [3.8, 4) is 5.69 Å². The maximum absolute atomic E-state index is 12.9. The summed E-state index contributed by atoms with van der Waals surface area (Å²) in [6.07, 6.45) is 7.27. The molecule has 1 atom stereocenters.